The molecule has 2 nitrogen and oxygen atoms in total. The first kappa shape index (κ1) is 11.8. The molecule has 1 N–H and O–H groups in total. The van der Waals surface area contributed by atoms with Crippen molar-refractivity contribution in [3.05, 3.63) is 0 Å². The lowest BCUT2D eigenvalue weighted by molar-refractivity contribution is -0.125. The quantitative estimate of drug-likeness (QED) is 0.681. The molecule has 82 valence electrons. The summed E-state index contributed by atoms with van der Waals surface area (Å²) in [6, 6.07) is 0. The van der Waals surface area contributed by atoms with Crippen LogP contribution in [0.1, 0.15) is 39.5 Å². The second-order valence-electron chi connectivity index (χ2n) is 4.11. The summed E-state index contributed by atoms with van der Waals surface area (Å²) in [4.78, 5) is 11.6. The van der Waals surface area contributed by atoms with Gasteiger partial charge in [0.2, 0.25) is 5.91 Å². The second-order valence-corrected chi connectivity index (χ2v) is 4.67. The summed E-state index contributed by atoms with van der Waals surface area (Å²) in [7, 11) is 0. The third kappa shape index (κ3) is 3.49. The Balaban J connectivity index is 2.18. The molecule has 0 heterocycles. The zero-order valence-corrected chi connectivity index (χ0v) is 9.81. The van der Waals surface area contributed by atoms with Gasteiger partial charge in [-0.15, -0.1) is 11.6 Å². The molecule has 0 aromatic rings. The van der Waals surface area contributed by atoms with E-state index in [-0.39, 0.29) is 17.2 Å². The lowest BCUT2D eigenvalue weighted by Crippen LogP contribution is -2.35. The summed E-state index contributed by atoms with van der Waals surface area (Å²) >= 11 is 6.10. The number of alkyl halides is 1. The standard InChI is InChI=1S/C11H20ClNO/c1-3-8(4-2)11(14)13-7-10(12)9-5-6-9/h8-10H,3-7H2,1-2H3,(H,13,14). The van der Waals surface area contributed by atoms with Crippen molar-refractivity contribution in [2.24, 2.45) is 11.8 Å². The molecule has 0 aliphatic heterocycles. The highest BCUT2D eigenvalue weighted by Crippen LogP contribution is 2.35. The van der Waals surface area contributed by atoms with E-state index in [9.17, 15) is 4.79 Å². The van der Waals surface area contributed by atoms with Gasteiger partial charge >= 0.3 is 0 Å². The van der Waals surface area contributed by atoms with Crippen LogP contribution in [0.15, 0.2) is 0 Å². The van der Waals surface area contributed by atoms with Gasteiger partial charge < -0.3 is 5.32 Å². The zero-order valence-electron chi connectivity index (χ0n) is 9.05. The Bertz CT molecular complexity index is 188. The highest BCUT2D eigenvalue weighted by atomic mass is 35.5. The first-order valence-corrected chi connectivity index (χ1v) is 6.04. The van der Waals surface area contributed by atoms with E-state index in [1.807, 2.05) is 13.8 Å². The van der Waals surface area contributed by atoms with Crippen molar-refractivity contribution in [1.82, 2.24) is 5.32 Å². The third-order valence-electron chi connectivity index (χ3n) is 2.96. The predicted octanol–water partition coefficient (Wildman–Crippen LogP) is 2.56. The van der Waals surface area contributed by atoms with Crippen molar-refractivity contribution < 1.29 is 4.79 Å². The van der Waals surface area contributed by atoms with Crippen molar-refractivity contribution in [2.45, 2.75) is 44.9 Å². The van der Waals surface area contributed by atoms with Crippen molar-refractivity contribution in [2.75, 3.05) is 6.54 Å². The van der Waals surface area contributed by atoms with Crippen LogP contribution in [-0.4, -0.2) is 17.8 Å². The van der Waals surface area contributed by atoms with E-state index in [0.717, 1.165) is 12.8 Å². The fourth-order valence-electron chi connectivity index (χ4n) is 1.63. The number of hydrogen-bond acceptors (Lipinski definition) is 1. The zero-order chi connectivity index (χ0) is 10.6. The molecule has 0 bridgehead atoms. The maximum absolute atomic E-state index is 11.6. The van der Waals surface area contributed by atoms with Crippen molar-refractivity contribution in [1.29, 1.82) is 0 Å². The van der Waals surface area contributed by atoms with Crippen LogP contribution in [0.3, 0.4) is 0 Å². The number of hydrogen-bond donors (Lipinski definition) is 1. The molecule has 1 rings (SSSR count). The van der Waals surface area contributed by atoms with Gasteiger partial charge in [0.25, 0.3) is 0 Å². The van der Waals surface area contributed by atoms with Gasteiger partial charge in [-0.25, -0.2) is 0 Å². The van der Waals surface area contributed by atoms with Gasteiger partial charge in [0.05, 0.1) is 5.38 Å². The van der Waals surface area contributed by atoms with E-state index in [1.54, 1.807) is 0 Å². The summed E-state index contributed by atoms with van der Waals surface area (Å²) in [6.45, 7) is 4.74. The van der Waals surface area contributed by atoms with Crippen LogP contribution in [0.4, 0.5) is 0 Å². The van der Waals surface area contributed by atoms with E-state index < -0.39 is 0 Å². The van der Waals surface area contributed by atoms with Crippen LogP contribution < -0.4 is 5.32 Å². The molecule has 1 unspecified atom stereocenters. The first-order valence-electron chi connectivity index (χ1n) is 5.60. The minimum Gasteiger partial charge on any atom is -0.354 e. The molecule has 1 aliphatic carbocycles. The van der Waals surface area contributed by atoms with E-state index in [1.165, 1.54) is 12.8 Å². The lowest BCUT2D eigenvalue weighted by Gasteiger charge is -2.14. The molecule has 1 amide bonds. The van der Waals surface area contributed by atoms with Crippen molar-refractivity contribution in [3.63, 3.8) is 0 Å². The lowest BCUT2D eigenvalue weighted by atomic mass is 10.0. The fourth-order valence-corrected chi connectivity index (χ4v) is 1.96. The third-order valence-corrected chi connectivity index (χ3v) is 3.47. The van der Waals surface area contributed by atoms with Gasteiger partial charge in [0.15, 0.2) is 0 Å². The maximum atomic E-state index is 11.6. The van der Waals surface area contributed by atoms with Crippen LogP contribution >= 0.6 is 11.6 Å². The van der Waals surface area contributed by atoms with Crippen LogP contribution in [0.25, 0.3) is 0 Å². The van der Waals surface area contributed by atoms with E-state index in [4.69, 9.17) is 11.6 Å². The molecule has 0 radical (unpaired) electrons. The Morgan fingerprint density at radius 3 is 2.43 bits per heavy atom. The number of rotatable bonds is 6. The van der Waals surface area contributed by atoms with Gasteiger partial charge in [-0.1, -0.05) is 13.8 Å². The summed E-state index contributed by atoms with van der Waals surface area (Å²) in [5.74, 6) is 0.984. The normalized spacial score (nSPS) is 18.3. The van der Waals surface area contributed by atoms with Crippen LogP contribution in [0.5, 0.6) is 0 Å². The van der Waals surface area contributed by atoms with Gasteiger partial charge in [-0.2, -0.15) is 0 Å². The van der Waals surface area contributed by atoms with Gasteiger partial charge in [0, 0.05) is 12.5 Å². The summed E-state index contributed by atoms with van der Waals surface area (Å²) in [6.07, 6.45) is 4.29. The molecule has 0 saturated heterocycles. The molecule has 1 aliphatic rings. The SMILES string of the molecule is CCC(CC)C(=O)NCC(Cl)C1CC1. The maximum Gasteiger partial charge on any atom is 0.223 e. The number of carbonyl (C=O) groups excluding carboxylic acids is 1. The molecule has 14 heavy (non-hydrogen) atoms. The molecular formula is C11H20ClNO. The monoisotopic (exact) mass is 217 g/mol. The van der Waals surface area contributed by atoms with Crippen molar-refractivity contribution in [3.8, 4) is 0 Å². The van der Waals surface area contributed by atoms with Crippen molar-refractivity contribution >= 4 is 17.5 Å². The molecule has 0 aromatic carbocycles. The number of amides is 1. The molecule has 0 spiro atoms. The highest BCUT2D eigenvalue weighted by molar-refractivity contribution is 6.21. The van der Waals surface area contributed by atoms with Crippen LogP contribution in [0, 0.1) is 11.8 Å². The predicted molar refractivity (Wildman–Crippen MR) is 59.4 cm³/mol. The molecule has 3 heteroatoms. The Morgan fingerprint density at radius 2 is 2.00 bits per heavy atom. The molecule has 0 aromatic heterocycles. The molecule has 1 fully saturated rings. The average molecular weight is 218 g/mol. The van der Waals surface area contributed by atoms with E-state index >= 15 is 0 Å². The Hall–Kier alpha value is -0.240. The Kier molecular flexibility index (Phi) is 4.73. The van der Waals surface area contributed by atoms with Crippen LogP contribution in [-0.2, 0) is 4.79 Å². The van der Waals surface area contributed by atoms with Gasteiger partial charge in [0.1, 0.15) is 0 Å². The molecule has 1 atom stereocenters. The largest absolute Gasteiger partial charge is 0.354 e. The smallest absolute Gasteiger partial charge is 0.223 e. The minimum absolute atomic E-state index is 0.147. The summed E-state index contributed by atoms with van der Waals surface area (Å²) < 4.78 is 0. The topological polar surface area (TPSA) is 29.1 Å². The summed E-state index contributed by atoms with van der Waals surface area (Å²) in [5.41, 5.74) is 0. The number of nitrogens with one attached hydrogen (secondary N) is 1. The van der Waals surface area contributed by atoms with Gasteiger partial charge in [-0.05, 0) is 31.6 Å². The summed E-state index contributed by atoms with van der Waals surface area (Å²) in [5, 5.41) is 3.08. The Labute approximate surface area is 91.4 Å². The Morgan fingerprint density at radius 1 is 1.43 bits per heavy atom. The van der Waals surface area contributed by atoms with E-state index in [0.29, 0.717) is 12.5 Å². The first-order chi connectivity index (χ1) is 6.69. The van der Waals surface area contributed by atoms with E-state index in [2.05, 4.69) is 5.32 Å². The average Bonchev–Trinajstić information content (AvgIpc) is 2.99. The minimum atomic E-state index is 0.147. The molecule has 1 saturated carbocycles. The van der Waals surface area contributed by atoms with Crippen LogP contribution in [0.2, 0.25) is 0 Å². The number of halogens is 1. The fraction of sp³-hybridized carbons (Fsp3) is 0.909. The highest BCUT2D eigenvalue weighted by Gasteiger charge is 2.30. The second kappa shape index (κ2) is 5.59. The number of carbonyl (C=O) groups is 1. The molecular weight excluding hydrogens is 198 g/mol. The van der Waals surface area contributed by atoms with Gasteiger partial charge in [-0.3, -0.25) is 4.79 Å².